The summed E-state index contributed by atoms with van der Waals surface area (Å²) >= 11 is 0. The molecule has 0 unspecified atom stereocenters. The third kappa shape index (κ3) is 3.44. The Labute approximate surface area is 137 Å². The minimum atomic E-state index is 0.0296. The van der Waals surface area contributed by atoms with Crippen LogP contribution in [0.2, 0.25) is 0 Å². The van der Waals surface area contributed by atoms with Gasteiger partial charge in [0.15, 0.2) is 5.82 Å². The van der Waals surface area contributed by atoms with Crippen LogP contribution in [0.15, 0.2) is 24.3 Å². The molecular weight excluding hydrogens is 288 g/mol. The minimum Gasteiger partial charge on any atom is -0.326 e. The number of carbonyl (C=O) groups is 1. The Balaban J connectivity index is 1.78. The summed E-state index contributed by atoms with van der Waals surface area (Å²) < 4.78 is 2.24. The van der Waals surface area contributed by atoms with Crippen LogP contribution in [-0.2, 0) is 17.8 Å². The minimum absolute atomic E-state index is 0.0296. The third-order valence-corrected chi connectivity index (χ3v) is 4.58. The van der Waals surface area contributed by atoms with Gasteiger partial charge < -0.3 is 9.88 Å². The van der Waals surface area contributed by atoms with Crippen molar-refractivity contribution in [3.63, 3.8) is 0 Å². The van der Waals surface area contributed by atoms with Crippen molar-refractivity contribution in [2.75, 3.05) is 5.32 Å². The molecule has 1 amide bonds. The Bertz CT molecular complexity index is 675. The number of carbonyl (C=O) groups excluding carboxylic acids is 1. The van der Waals surface area contributed by atoms with Crippen molar-refractivity contribution in [1.29, 1.82) is 0 Å². The van der Waals surface area contributed by atoms with Crippen LogP contribution in [0.5, 0.6) is 0 Å². The molecule has 122 valence electrons. The summed E-state index contributed by atoms with van der Waals surface area (Å²) in [5.41, 5.74) is 1.88. The molecule has 1 aromatic heterocycles. The van der Waals surface area contributed by atoms with E-state index < -0.39 is 0 Å². The van der Waals surface area contributed by atoms with Gasteiger partial charge in [0.1, 0.15) is 5.82 Å². The van der Waals surface area contributed by atoms with E-state index in [-0.39, 0.29) is 11.8 Å². The van der Waals surface area contributed by atoms with Gasteiger partial charge in [-0.2, -0.15) is 0 Å². The van der Waals surface area contributed by atoms with Gasteiger partial charge >= 0.3 is 0 Å². The number of rotatable bonds is 4. The van der Waals surface area contributed by atoms with Crippen LogP contribution < -0.4 is 5.32 Å². The molecule has 1 aromatic carbocycles. The summed E-state index contributed by atoms with van der Waals surface area (Å²) in [5.74, 6) is 2.12. The smallest absolute Gasteiger partial charge is 0.227 e. The molecule has 2 aromatic rings. The number of aryl methyl sites for hydroxylation is 1. The third-order valence-electron chi connectivity index (χ3n) is 4.58. The SMILES string of the molecule is CC[C@@H](C)C(=O)Nc1ccc(-c2nnc3n2CCCCC3)cc1. The van der Waals surface area contributed by atoms with Crippen molar-refractivity contribution < 1.29 is 4.79 Å². The highest BCUT2D eigenvalue weighted by Gasteiger charge is 2.16. The van der Waals surface area contributed by atoms with Crippen LogP contribution in [0, 0.1) is 5.92 Å². The van der Waals surface area contributed by atoms with E-state index in [9.17, 15) is 4.79 Å². The molecule has 0 spiro atoms. The lowest BCUT2D eigenvalue weighted by molar-refractivity contribution is -0.119. The lowest BCUT2D eigenvalue weighted by atomic mass is 10.1. The van der Waals surface area contributed by atoms with Gasteiger partial charge in [-0.1, -0.05) is 20.3 Å². The molecule has 0 saturated heterocycles. The monoisotopic (exact) mass is 312 g/mol. The van der Waals surface area contributed by atoms with Crippen molar-refractivity contribution >= 4 is 11.6 Å². The molecule has 0 bridgehead atoms. The zero-order valence-electron chi connectivity index (χ0n) is 13.9. The van der Waals surface area contributed by atoms with Crippen LogP contribution in [0.3, 0.4) is 0 Å². The Morgan fingerprint density at radius 3 is 2.74 bits per heavy atom. The molecule has 1 atom stereocenters. The number of benzene rings is 1. The second-order valence-corrected chi connectivity index (χ2v) is 6.28. The molecule has 1 aliphatic rings. The van der Waals surface area contributed by atoms with Gasteiger partial charge in [0.25, 0.3) is 0 Å². The molecule has 0 saturated carbocycles. The predicted molar refractivity (Wildman–Crippen MR) is 91.1 cm³/mol. The summed E-state index contributed by atoms with van der Waals surface area (Å²) in [6.07, 6.45) is 5.48. The van der Waals surface area contributed by atoms with Crippen molar-refractivity contribution in [1.82, 2.24) is 14.8 Å². The second kappa shape index (κ2) is 6.94. The standard InChI is InChI=1S/C18H24N4O/c1-3-13(2)18(23)19-15-10-8-14(9-11-15)17-21-20-16-7-5-4-6-12-22(16)17/h8-11,13H,3-7,12H2,1-2H3,(H,19,23)/t13-/m1/s1. The summed E-state index contributed by atoms with van der Waals surface area (Å²) in [5, 5.41) is 11.7. The number of amides is 1. The van der Waals surface area contributed by atoms with Gasteiger partial charge in [-0.15, -0.1) is 10.2 Å². The molecule has 0 aliphatic carbocycles. The van der Waals surface area contributed by atoms with Crippen LogP contribution in [0.1, 0.15) is 45.4 Å². The van der Waals surface area contributed by atoms with Gasteiger partial charge in [0.05, 0.1) is 0 Å². The summed E-state index contributed by atoms with van der Waals surface area (Å²) in [6.45, 7) is 4.95. The molecule has 5 nitrogen and oxygen atoms in total. The van der Waals surface area contributed by atoms with Gasteiger partial charge in [0, 0.05) is 30.1 Å². The predicted octanol–water partition coefficient (Wildman–Crippen LogP) is 3.66. The van der Waals surface area contributed by atoms with E-state index in [4.69, 9.17) is 0 Å². The highest BCUT2D eigenvalue weighted by molar-refractivity contribution is 5.92. The van der Waals surface area contributed by atoms with E-state index in [0.717, 1.165) is 42.3 Å². The van der Waals surface area contributed by atoms with E-state index in [1.165, 1.54) is 19.3 Å². The largest absolute Gasteiger partial charge is 0.326 e. The average molecular weight is 312 g/mol. The number of fused-ring (bicyclic) bond motifs is 1. The van der Waals surface area contributed by atoms with Gasteiger partial charge in [-0.05, 0) is 43.5 Å². The van der Waals surface area contributed by atoms with Crippen LogP contribution in [-0.4, -0.2) is 20.7 Å². The number of anilines is 1. The maximum absolute atomic E-state index is 11.9. The highest BCUT2D eigenvalue weighted by atomic mass is 16.1. The normalized spacial score (nSPS) is 15.6. The van der Waals surface area contributed by atoms with E-state index in [0.29, 0.717) is 0 Å². The van der Waals surface area contributed by atoms with E-state index in [1.807, 2.05) is 38.1 Å². The molecular formula is C18H24N4O. The Kier molecular flexibility index (Phi) is 4.74. The van der Waals surface area contributed by atoms with E-state index in [2.05, 4.69) is 20.1 Å². The number of nitrogens with one attached hydrogen (secondary N) is 1. The first-order valence-electron chi connectivity index (χ1n) is 8.52. The van der Waals surface area contributed by atoms with E-state index in [1.54, 1.807) is 0 Å². The van der Waals surface area contributed by atoms with Crippen molar-refractivity contribution in [2.24, 2.45) is 5.92 Å². The number of hydrogen-bond acceptors (Lipinski definition) is 3. The fourth-order valence-electron chi connectivity index (χ4n) is 2.85. The van der Waals surface area contributed by atoms with Gasteiger partial charge in [-0.25, -0.2) is 0 Å². The zero-order valence-corrected chi connectivity index (χ0v) is 13.9. The lowest BCUT2D eigenvalue weighted by Gasteiger charge is -2.11. The first kappa shape index (κ1) is 15.7. The zero-order chi connectivity index (χ0) is 16.2. The Morgan fingerprint density at radius 2 is 2.00 bits per heavy atom. The average Bonchev–Trinajstić information content (AvgIpc) is 2.83. The summed E-state index contributed by atoms with van der Waals surface area (Å²) in [4.78, 5) is 11.9. The molecule has 0 radical (unpaired) electrons. The quantitative estimate of drug-likeness (QED) is 0.937. The maximum Gasteiger partial charge on any atom is 0.227 e. The van der Waals surface area contributed by atoms with Crippen LogP contribution in [0.4, 0.5) is 5.69 Å². The molecule has 1 aliphatic heterocycles. The number of hydrogen-bond donors (Lipinski definition) is 1. The summed E-state index contributed by atoms with van der Waals surface area (Å²) in [6, 6.07) is 7.89. The lowest BCUT2D eigenvalue weighted by Crippen LogP contribution is -2.19. The molecule has 3 rings (SSSR count). The summed E-state index contributed by atoms with van der Waals surface area (Å²) in [7, 11) is 0. The number of nitrogens with zero attached hydrogens (tertiary/aromatic N) is 3. The number of aromatic nitrogens is 3. The van der Waals surface area contributed by atoms with Gasteiger partial charge in [-0.3, -0.25) is 4.79 Å². The van der Waals surface area contributed by atoms with Gasteiger partial charge in [0.2, 0.25) is 5.91 Å². The van der Waals surface area contributed by atoms with Crippen molar-refractivity contribution in [2.45, 2.75) is 52.5 Å². The first-order valence-corrected chi connectivity index (χ1v) is 8.52. The second-order valence-electron chi connectivity index (χ2n) is 6.28. The highest BCUT2D eigenvalue weighted by Crippen LogP contribution is 2.24. The molecule has 5 heteroatoms. The van der Waals surface area contributed by atoms with Crippen molar-refractivity contribution in [3.05, 3.63) is 30.1 Å². The fourth-order valence-corrected chi connectivity index (χ4v) is 2.85. The first-order chi connectivity index (χ1) is 11.2. The van der Waals surface area contributed by atoms with Crippen molar-refractivity contribution in [3.8, 4) is 11.4 Å². The topological polar surface area (TPSA) is 59.8 Å². The molecule has 2 heterocycles. The molecule has 23 heavy (non-hydrogen) atoms. The Morgan fingerprint density at radius 1 is 1.22 bits per heavy atom. The van der Waals surface area contributed by atoms with Crippen LogP contribution in [0.25, 0.3) is 11.4 Å². The molecule has 1 N–H and O–H groups in total. The Hall–Kier alpha value is -2.17. The van der Waals surface area contributed by atoms with Crippen LogP contribution >= 0.6 is 0 Å². The van der Waals surface area contributed by atoms with E-state index >= 15 is 0 Å². The maximum atomic E-state index is 11.9. The fraction of sp³-hybridized carbons (Fsp3) is 0.500. The molecule has 0 fully saturated rings.